The Morgan fingerprint density at radius 2 is 2.09 bits per heavy atom. The van der Waals surface area contributed by atoms with Gasteiger partial charge in [0.2, 0.25) is 0 Å². The van der Waals surface area contributed by atoms with E-state index in [2.05, 4.69) is 50.5 Å². The molecule has 0 fully saturated rings. The van der Waals surface area contributed by atoms with E-state index in [1.165, 1.54) is 5.57 Å². The van der Waals surface area contributed by atoms with E-state index in [9.17, 15) is 5.11 Å². The Bertz CT molecular complexity index is 772. The van der Waals surface area contributed by atoms with E-state index < -0.39 is 0 Å². The molecule has 118 valence electrons. The maximum Gasteiger partial charge on any atom is 0.132 e. The van der Waals surface area contributed by atoms with Gasteiger partial charge in [-0.2, -0.15) is 0 Å². The third-order valence-electron chi connectivity index (χ3n) is 3.65. The van der Waals surface area contributed by atoms with E-state index in [1.807, 2.05) is 18.2 Å². The van der Waals surface area contributed by atoms with Gasteiger partial charge in [0.15, 0.2) is 0 Å². The molecule has 0 saturated heterocycles. The van der Waals surface area contributed by atoms with Crippen LogP contribution in [0.5, 0.6) is 11.5 Å². The lowest BCUT2D eigenvalue weighted by Gasteiger charge is -2.31. The quantitative estimate of drug-likeness (QED) is 0.649. The Morgan fingerprint density at radius 1 is 1.30 bits per heavy atom. The highest BCUT2D eigenvalue weighted by Crippen LogP contribution is 2.38. The van der Waals surface area contributed by atoms with Crippen molar-refractivity contribution < 1.29 is 9.84 Å². The zero-order valence-corrected chi connectivity index (χ0v) is 14.2. The van der Waals surface area contributed by atoms with Gasteiger partial charge >= 0.3 is 0 Å². The minimum atomic E-state index is -0.374. The summed E-state index contributed by atoms with van der Waals surface area (Å²) >= 11 is 0. The van der Waals surface area contributed by atoms with E-state index in [0.29, 0.717) is 16.9 Å². The van der Waals surface area contributed by atoms with Gasteiger partial charge in [-0.05, 0) is 76.7 Å². The molecule has 1 aliphatic heterocycles. The molecule has 0 aromatic heterocycles. The number of benzene rings is 1. The van der Waals surface area contributed by atoms with Crippen molar-refractivity contribution in [2.75, 3.05) is 0 Å². The van der Waals surface area contributed by atoms with Crippen molar-refractivity contribution in [2.24, 2.45) is 0 Å². The van der Waals surface area contributed by atoms with Crippen molar-refractivity contribution in [1.82, 2.24) is 0 Å². The first-order valence-electron chi connectivity index (χ1n) is 7.75. The summed E-state index contributed by atoms with van der Waals surface area (Å²) in [4.78, 5) is 0. The second-order valence-corrected chi connectivity index (χ2v) is 6.10. The van der Waals surface area contributed by atoms with Crippen molar-refractivity contribution in [3.63, 3.8) is 0 Å². The number of hydrogen-bond donors (Lipinski definition) is 1. The second kappa shape index (κ2) is 7.12. The summed E-state index contributed by atoms with van der Waals surface area (Å²) in [7, 11) is 0. The van der Waals surface area contributed by atoms with Gasteiger partial charge in [0, 0.05) is 5.56 Å². The van der Waals surface area contributed by atoms with Crippen molar-refractivity contribution >= 4 is 6.08 Å². The number of rotatable bonds is 3. The van der Waals surface area contributed by atoms with E-state index in [0.717, 1.165) is 12.8 Å². The molecule has 2 rings (SSSR count). The predicted molar refractivity (Wildman–Crippen MR) is 95.2 cm³/mol. The molecule has 1 heterocycles. The summed E-state index contributed by atoms with van der Waals surface area (Å²) in [6.07, 6.45) is 7.99. The zero-order valence-electron chi connectivity index (χ0n) is 14.2. The van der Waals surface area contributed by atoms with Crippen LogP contribution in [0.1, 0.15) is 51.7 Å². The topological polar surface area (TPSA) is 29.5 Å². The summed E-state index contributed by atoms with van der Waals surface area (Å²) < 4.78 is 6.15. The van der Waals surface area contributed by atoms with Crippen LogP contribution < -0.4 is 4.74 Å². The molecule has 0 bridgehead atoms. The van der Waals surface area contributed by atoms with Crippen LogP contribution in [-0.2, 0) is 0 Å². The summed E-state index contributed by atoms with van der Waals surface area (Å²) in [6.45, 7) is 7.99. The van der Waals surface area contributed by atoms with Crippen LogP contribution in [0.3, 0.4) is 0 Å². The predicted octanol–water partition coefficient (Wildman–Crippen LogP) is 4.68. The third-order valence-corrected chi connectivity index (χ3v) is 3.65. The lowest BCUT2D eigenvalue weighted by molar-refractivity contribution is 0.128. The van der Waals surface area contributed by atoms with Crippen molar-refractivity contribution in [1.29, 1.82) is 0 Å². The monoisotopic (exact) mass is 306 g/mol. The van der Waals surface area contributed by atoms with E-state index >= 15 is 0 Å². The number of fused-ring (bicyclic) bond motifs is 1. The largest absolute Gasteiger partial charge is 0.507 e. The summed E-state index contributed by atoms with van der Waals surface area (Å²) in [5.41, 5.74) is 2.34. The Balaban J connectivity index is 2.26. The van der Waals surface area contributed by atoms with Gasteiger partial charge in [0.05, 0.1) is 5.56 Å². The van der Waals surface area contributed by atoms with Gasteiger partial charge in [-0.3, -0.25) is 0 Å². The van der Waals surface area contributed by atoms with Crippen LogP contribution in [0.2, 0.25) is 0 Å². The summed E-state index contributed by atoms with van der Waals surface area (Å²) in [5, 5.41) is 10.2. The van der Waals surface area contributed by atoms with Crippen molar-refractivity contribution in [3.8, 4) is 35.2 Å². The molecule has 0 aliphatic carbocycles. The maximum atomic E-state index is 10.2. The number of phenols is 1. The van der Waals surface area contributed by atoms with Gasteiger partial charge in [-0.1, -0.05) is 23.5 Å². The van der Waals surface area contributed by atoms with Crippen LogP contribution in [0.25, 0.3) is 6.08 Å². The fourth-order valence-corrected chi connectivity index (χ4v) is 2.43. The van der Waals surface area contributed by atoms with Gasteiger partial charge in [0.1, 0.15) is 17.1 Å². The van der Waals surface area contributed by atoms with Gasteiger partial charge in [-0.15, -0.1) is 0 Å². The van der Waals surface area contributed by atoms with Gasteiger partial charge < -0.3 is 9.84 Å². The van der Waals surface area contributed by atoms with Crippen LogP contribution in [0.15, 0.2) is 29.9 Å². The first-order valence-corrected chi connectivity index (χ1v) is 7.75. The average molecular weight is 306 g/mol. The van der Waals surface area contributed by atoms with Crippen molar-refractivity contribution in [3.05, 3.63) is 41.0 Å². The Morgan fingerprint density at radius 3 is 2.78 bits per heavy atom. The Hall–Kier alpha value is -2.58. The minimum absolute atomic E-state index is 0.179. The molecule has 1 atom stereocenters. The second-order valence-electron chi connectivity index (χ2n) is 6.10. The lowest BCUT2D eigenvalue weighted by atomic mass is 9.94. The molecule has 1 aromatic rings. The highest BCUT2D eigenvalue weighted by atomic mass is 16.5. The molecule has 2 heteroatoms. The molecule has 0 amide bonds. The Kier molecular flexibility index (Phi) is 5.20. The molecule has 0 spiro atoms. The molecule has 0 radical (unpaired) electrons. The maximum absolute atomic E-state index is 10.2. The minimum Gasteiger partial charge on any atom is -0.507 e. The van der Waals surface area contributed by atoms with E-state index in [1.54, 1.807) is 13.0 Å². The van der Waals surface area contributed by atoms with Gasteiger partial charge in [0.25, 0.3) is 0 Å². The first kappa shape index (κ1) is 16.8. The van der Waals surface area contributed by atoms with Crippen LogP contribution >= 0.6 is 0 Å². The normalized spacial score (nSPS) is 17.7. The van der Waals surface area contributed by atoms with Crippen molar-refractivity contribution in [2.45, 2.75) is 46.1 Å². The summed E-state index contributed by atoms with van der Waals surface area (Å²) in [6, 6.07) is 3.50. The van der Waals surface area contributed by atoms with E-state index in [4.69, 9.17) is 4.74 Å². The Labute approximate surface area is 138 Å². The van der Waals surface area contributed by atoms with Gasteiger partial charge in [-0.25, -0.2) is 0 Å². The molecule has 2 nitrogen and oxygen atoms in total. The smallest absolute Gasteiger partial charge is 0.132 e. The highest BCUT2D eigenvalue weighted by molar-refractivity contribution is 5.69. The van der Waals surface area contributed by atoms with Crippen LogP contribution in [-0.4, -0.2) is 10.7 Å². The fourth-order valence-electron chi connectivity index (χ4n) is 2.43. The molecule has 0 saturated carbocycles. The number of aromatic hydroxyl groups is 1. The molecular weight excluding hydrogens is 284 g/mol. The first-order chi connectivity index (χ1) is 10.9. The standard InChI is InChI=1S/C21H22O2/c1-5-6-7-10-17-14-19(22)18-11-13-21(4,23-20(18)15-17)12-8-9-16(2)3/h9,11,13-15,22H,8,12H2,1-4H3. The SMILES string of the molecule is CC#CC#Cc1cc(O)c2c(c1)OC(C)(CCC=C(C)C)C=C2. The average Bonchev–Trinajstić information content (AvgIpc) is 2.46. The van der Waals surface area contributed by atoms with E-state index in [-0.39, 0.29) is 11.4 Å². The zero-order chi connectivity index (χ0) is 16.9. The number of ether oxygens (including phenoxy) is 1. The molecule has 1 aliphatic rings. The molecule has 1 N–H and O–H groups in total. The number of allylic oxidation sites excluding steroid dienone is 2. The molecule has 1 unspecified atom stereocenters. The molecular formula is C21H22O2. The number of hydrogen-bond acceptors (Lipinski definition) is 2. The fraction of sp³-hybridized carbons (Fsp3) is 0.333. The third kappa shape index (κ3) is 4.44. The lowest BCUT2D eigenvalue weighted by Crippen LogP contribution is -2.31. The van der Waals surface area contributed by atoms with Crippen LogP contribution in [0.4, 0.5) is 0 Å². The number of phenolic OH excluding ortho intramolecular Hbond substituents is 1. The van der Waals surface area contributed by atoms with Crippen LogP contribution in [0, 0.1) is 23.7 Å². The molecule has 1 aromatic carbocycles. The molecule has 23 heavy (non-hydrogen) atoms. The summed E-state index contributed by atoms with van der Waals surface area (Å²) in [5.74, 6) is 11.9. The highest BCUT2D eigenvalue weighted by Gasteiger charge is 2.28.